The highest BCUT2D eigenvalue weighted by atomic mass is 32.2. The molecule has 0 amide bonds. The summed E-state index contributed by atoms with van der Waals surface area (Å²) in [4.78, 5) is 12.2. The summed E-state index contributed by atoms with van der Waals surface area (Å²) in [6, 6.07) is 5.60. The molecule has 3 atom stereocenters. The molecule has 0 bridgehead atoms. The molecule has 1 aliphatic heterocycles. The fraction of sp³-hybridized carbons (Fsp3) is 0.438. The van der Waals surface area contributed by atoms with Gasteiger partial charge in [-0.2, -0.15) is 0 Å². The number of carbonyl (C=O) groups excluding carboxylic acids is 1. The zero-order chi connectivity index (χ0) is 16.8. The predicted molar refractivity (Wildman–Crippen MR) is 82.8 cm³/mol. The van der Waals surface area contributed by atoms with Crippen molar-refractivity contribution in [3.8, 4) is 0 Å². The summed E-state index contributed by atoms with van der Waals surface area (Å²) in [6.07, 6.45) is 1.62. The van der Waals surface area contributed by atoms with E-state index in [-0.39, 0.29) is 10.8 Å². The van der Waals surface area contributed by atoms with E-state index in [0.29, 0.717) is 18.5 Å². The summed E-state index contributed by atoms with van der Waals surface area (Å²) >= 11 is 0. The van der Waals surface area contributed by atoms with E-state index in [1.165, 1.54) is 25.3 Å². The Kier molecular flexibility index (Phi) is 3.93. The number of esters is 1. The monoisotopic (exact) mass is 337 g/mol. The smallest absolute Gasteiger partial charge is 0.329 e. The van der Waals surface area contributed by atoms with Gasteiger partial charge in [0.1, 0.15) is 6.04 Å². The number of hydrogen-bond donors (Lipinski definition) is 1. The largest absolute Gasteiger partial charge is 0.467 e. The quantitative estimate of drug-likeness (QED) is 0.838. The number of nitrogens with zero attached hydrogens (tertiary/aromatic N) is 1. The Morgan fingerprint density at radius 3 is 2.52 bits per heavy atom. The molecule has 1 aromatic rings. The average Bonchev–Trinajstić information content (AvgIpc) is 3.02. The Labute approximate surface area is 135 Å². The topological polar surface area (TPSA) is 83.9 Å². The van der Waals surface area contributed by atoms with Crippen LogP contribution in [0.3, 0.4) is 0 Å². The van der Waals surface area contributed by atoms with Crippen molar-refractivity contribution >= 4 is 16.0 Å². The van der Waals surface area contributed by atoms with E-state index in [2.05, 4.69) is 0 Å². The summed E-state index contributed by atoms with van der Waals surface area (Å²) in [5, 5.41) is 9.79. The molecular weight excluding hydrogens is 318 g/mol. The van der Waals surface area contributed by atoms with Gasteiger partial charge in [0, 0.05) is 11.6 Å². The van der Waals surface area contributed by atoms with Gasteiger partial charge in [-0.05, 0) is 38.0 Å². The molecule has 2 aliphatic rings. The first kappa shape index (κ1) is 16.0. The first-order valence-corrected chi connectivity index (χ1v) is 8.87. The number of sulfonamides is 1. The number of methoxy groups -OCH3 is 1. The normalized spacial score (nSPS) is 26.8. The average molecular weight is 337 g/mol. The van der Waals surface area contributed by atoms with Crippen molar-refractivity contribution in [2.45, 2.75) is 36.8 Å². The van der Waals surface area contributed by atoms with Gasteiger partial charge in [-0.3, -0.25) is 4.31 Å². The van der Waals surface area contributed by atoms with Crippen LogP contribution in [-0.2, 0) is 19.6 Å². The van der Waals surface area contributed by atoms with Gasteiger partial charge in [-0.1, -0.05) is 17.7 Å². The number of ether oxygens (including phenoxy) is 1. The molecule has 1 aliphatic carbocycles. The molecule has 0 aromatic heterocycles. The predicted octanol–water partition coefficient (Wildman–Crippen LogP) is 1.20. The SMILES string of the molecule is COC(=O)[C@@H]1C[C@@H]2C[C@H](O)C=C2N1S(=O)(=O)c1ccc(C)cc1. The lowest BCUT2D eigenvalue weighted by Gasteiger charge is -2.25. The van der Waals surface area contributed by atoms with Crippen LogP contribution in [-0.4, -0.2) is 43.1 Å². The van der Waals surface area contributed by atoms with Crippen LogP contribution in [0.15, 0.2) is 40.9 Å². The van der Waals surface area contributed by atoms with E-state index < -0.39 is 28.1 Å². The zero-order valence-corrected chi connectivity index (χ0v) is 13.8. The molecule has 0 radical (unpaired) electrons. The van der Waals surface area contributed by atoms with Gasteiger partial charge in [0.05, 0.1) is 18.1 Å². The minimum Gasteiger partial charge on any atom is -0.467 e. The van der Waals surface area contributed by atoms with Crippen molar-refractivity contribution < 1.29 is 23.1 Å². The van der Waals surface area contributed by atoms with Crippen LogP contribution in [0.4, 0.5) is 0 Å². The molecule has 1 aromatic carbocycles. The first-order valence-electron chi connectivity index (χ1n) is 7.43. The maximum atomic E-state index is 13.0. The molecular formula is C16H19NO5S. The van der Waals surface area contributed by atoms with E-state index in [9.17, 15) is 18.3 Å². The molecule has 6 nitrogen and oxygen atoms in total. The molecule has 3 rings (SSSR count). The third kappa shape index (κ3) is 2.64. The summed E-state index contributed by atoms with van der Waals surface area (Å²) in [6.45, 7) is 1.87. The third-order valence-electron chi connectivity index (χ3n) is 4.40. The summed E-state index contributed by atoms with van der Waals surface area (Å²) in [5.74, 6) is -0.722. The van der Waals surface area contributed by atoms with Gasteiger partial charge in [0.25, 0.3) is 10.0 Å². The van der Waals surface area contributed by atoms with E-state index in [0.717, 1.165) is 9.87 Å². The lowest BCUT2D eigenvalue weighted by Crippen LogP contribution is -2.40. The molecule has 124 valence electrons. The number of carbonyl (C=O) groups is 1. The molecule has 0 spiro atoms. The molecule has 1 saturated heterocycles. The van der Waals surface area contributed by atoms with E-state index in [4.69, 9.17) is 4.74 Å². The Hall–Kier alpha value is -1.86. The summed E-state index contributed by atoms with van der Waals surface area (Å²) < 4.78 is 31.9. The van der Waals surface area contributed by atoms with Gasteiger partial charge >= 0.3 is 5.97 Å². The number of aliphatic hydroxyl groups is 1. The van der Waals surface area contributed by atoms with E-state index >= 15 is 0 Å². The fourth-order valence-electron chi connectivity index (χ4n) is 3.29. The standard InChI is InChI=1S/C16H19NO5S/c1-10-3-5-13(6-4-10)23(20,21)17-14-9-12(18)7-11(14)8-15(17)16(19)22-2/h3-6,9,11-12,15,18H,7-8H2,1-2H3/t11-,12-,15-/m0/s1. The number of benzene rings is 1. The minimum atomic E-state index is -3.88. The van der Waals surface area contributed by atoms with Crippen LogP contribution in [0, 0.1) is 12.8 Å². The van der Waals surface area contributed by atoms with Crippen molar-refractivity contribution in [1.82, 2.24) is 4.31 Å². The van der Waals surface area contributed by atoms with Gasteiger partial charge in [0.2, 0.25) is 0 Å². The molecule has 23 heavy (non-hydrogen) atoms. The minimum absolute atomic E-state index is 0.125. The van der Waals surface area contributed by atoms with Crippen molar-refractivity contribution in [3.05, 3.63) is 41.6 Å². The lowest BCUT2D eigenvalue weighted by atomic mass is 10.0. The molecule has 1 heterocycles. The maximum absolute atomic E-state index is 13.0. The summed E-state index contributed by atoms with van der Waals surface area (Å²) in [7, 11) is -2.64. The molecule has 0 saturated carbocycles. The fourth-order valence-corrected chi connectivity index (χ4v) is 4.99. The number of aliphatic hydroxyl groups excluding tert-OH is 1. The van der Waals surface area contributed by atoms with E-state index in [1.54, 1.807) is 12.1 Å². The second kappa shape index (κ2) is 5.65. The number of hydrogen-bond acceptors (Lipinski definition) is 5. The van der Waals surface area contributed by atoms with Crippen molar-refractivity contribution in [1.29, 1.82) is 0 Å². The lowest BCUT2D eigenvalue weighted by molar-refractivity contribution is -0.144. The Morgan fingerprint density at radius 2 is 1.91 bits per heavy atom. The molecule has 7 heteroatoms. The van der Waals surface area contributed by atoms with Crippen molar-refractivity contribution in [3.63, 3.8) is 0 Å². The van der Waals surface area contributed by atoms with Crippen LogP contribution in [0.2, 0.25) is 0 Å². The van der Waals surface area contributed by atoms with Crippen LogP contribution in [0.1, 0.15) is 18.4 Å². The van der Waals surface area contributed by atoms with Crippen molar-refractivity contribution in [2.24, 2.45) is 5.92 Å². The number of rotatable bonds is 3. The second-order valence-corrected chi connectivity index (χ2v) is 7.80. The van der Waals surface area contributed by atoms with Crippen LogP contribution >= 0.6 is 0 Å². The Balaban J connectivity index is 2.07. The van der Waals surface area contributed by atoms with Crippen LogP contribution < -0.4 is 0 Å². The van der Waals surface area contributed by atoms with Gasteiger partial charge in [-0.15, -0.1) is 0 Å². The van der Waals surface area contributed by atoms with Crippen molar-refractivity contribution in [2.75, 3.05) is 7.11 Å². The number of allylic oxidation sites excluding steroid dienone is 1. The van der Waals surface area contributed by atoms with Crippen LogP contribution in [0.5, 0.6) is 0 Å². The number of fused-ring (bicyclic) bond motifs is 1. The first-order chi connectivity index (χ1) is 10.8. The third-order valence-corrected chi connectivity index (χ3v) is 6.25. The maximum Gasteiger partial charge on any atom is 0.329 e. The highest BCUT2D eigenvalue weighted by Gasteiger charge is 2.49. The van der Waals surface area contributed by atoms with Gasteiger partial charge in [-0.25, -0.2) is 13.2 Å². The molecule has 1 N–H and O–H groups in total. The summed E-state index contributed by atoms with van der Waals surface area (Å²) in [5.41, 5.74) is 1.44. The zero-order valence-electron chi connectivity index (χ0n) is 13.0. The van der Waals surface area contributed by atoms with Gasteiger partial charge in [0.15, 0.2) is 0 Å². The highest BCUT2D eigenvalue weighted by Crippen LogP contribution is 2.44. The molecule has 0 unspecified atom stereocenters. The molecule has 1 fully saturated rings. The second-order valence-electron chi connectivity index (χ2n) is 5.98. The van der Waals surface area contributed by atoms with Crippen LogP contribution in [0.25, 0.3) is 0 Å². The highest BCUT2D eigenvalue weighted by molar-refractivity contribution is 7.89. The van der Waals surface area contributed by atoms with E-state index in [1.807, 2.05) is 6.92 Å². The Bertz CT molecular complexity index is 753. The van der Waals surface area contributed by atoms with Gasteiger partial charge < -0.3 is 9.84 Å². The number of aryl methyl sites for hydroxylation is 1. The Morgan fingerprint density at radius 1 is 1.26 bits per heavy atom.